The summed E-state index contributed by atoms with van der Waals surface area (Å²) in [7, 11) is 0. The average molecular weight is 123 g/mol. The van der Waals surface area contributed by atoms with E-state index in [0.717, 1.165) is 5.92 Å². The van der Waals surface area contributed by atoms with Crippen LogP contribution in [0.15, 0.2) is 4.99 Å². The van der Waals surface area contributed by atoms with Crippen molar-refractivity contribution in [3.8, 4) is 0 Å². The molecule has 1 heteroatoms. The van der Waals surface area contributed by atoms with E-state index in [9.17, 15) is 0 Å². The quantitative estimate of drug-likeness (QED) is 0.467. The van der Waals surface area contributed by atoms with Crippen molar-refractivity contribution in [1.29, 1.82) is 0 Å². The third-order valence-corrected chi connectivity index (χ3v) is 2.49. The minimum atomic E-state index is 0.712. The van der Waals surface area contributed by atoms with Crippen LogP contribution in [0.2, 0.25) is 0 Å². The summed E-state index contributed by atoms with van der Waals surface area (Å²) in [5.74, 6) is 0.851. The molecule has 3 aliphatic rings. The van der Waals surface area contributed by atoms with Crippen LogP contribution in [0.3, 0.4) is 0 Å². The molecule has 0 aromatic carbocycles. The van der Waals surface area contributed by atoms with E-state index >= 15 is 0 Å². The lowest BCUT2D eigenvalue weighted by atomic mass is 10.00. The van der Waals surface area contributed by atoms with Gasteiger partial charge in [-0.1, -0.05) is 6.42 Å². The van der Waals surface area contributed by atoms with Crippen molar-refractivity contribution in [2.45, 2.75) is 38.1 Å². The minimum absolute atomic E-state index is 0.712. The van der Waals surface area contributed by atoms with Gasteiger partial charge in [0.2, 0.25) is 0 Å². The number of fused-ring (bicyclic) bond motifs is 3. The Morgan fingerprint density at radius 1 is 1.11 bits per heavy atom. The van der Waals surface area contributed by atoms with E-state index in [1.54, 1.807) is 0 Å². The van der Waals surface area contributed by atoms with Gasteiger partial charge in [-0.3, -0.25) is 4.99 Å². The largest absolute Gasteiger partial charge is 0.294 e. The maximum Gasteiger partial charge on any atom is 0.0496 e. The van der Waals surface area contributed by atoms with Crippen LogP contribution in [0.5, 0.6) is 0 Å². The number of rotatable bonds is 0. The standard InChI is InChI=1S/C8H13N/c1-2-7-4-5-8(3-1)9-6-7/h6-8H,1-5H2. The molecule has 0 saturated heterocycles. The second-order valence-electron chi connectivity index (χ2n) is 3.22. The highest BCUT2D eigenvalue weighted by molar-refractivity contribution is 5.62. The molecule has 2 aliphatic heterocycles. The van der Waals surface area contributed by atoms with E-state index < -0.39 is 0 Å². The summed E-state index contributed by atoms with van der Waals surface area (Å²) in [6.07, 6.45) is 9.14. The Bertz CT molecular complexity index is 111. The molecule has 1 nitrogen and oxygen atoms in total. The van der Waals surface area contributed by atoms with Crippen LogP contribution in [0.25, 0.3) is 0 Å². The van der Waals surface area contributed by atoms with Gasteiger partial charge in [-0.2, -0.15) is 0 Å². The smallest absolute Gasteiger partial charge is 0.0496 e. The summed E-state index contributed by atoms with van der Waals surface area (Å²) in [6, 6.07) is 0.712. The fourth-order valence-corrected chi connectivity index (χ4v) is 1.85. The molecule has 0 aromatic heterocycles. The summed E-state index contributed by atoms with van der Waals surface area (Å²) in [4.78, 5) is 4.47. The van der Waals surface area contributed by atoms with Crippen molar-refractivity contribution in [1.82, 2.24) is 0 Å². The number of nitrogens with zero attached hydrogens (tertiary/aromatic N) is 1. The zero-order valence-corrected chi connectivity index (χ0v) is 5.71. The van der Waals surface area contributed by atoms with E-state index in [-0.39, 0.29) is 0 Å². The molecule has 3 rings (SSSR count). The summed E-state index contributed by atoms with van der Waals surface area (Å²) in [5.41, 5.74) is 0. The van der Waals surface area contributed by atoms with E-state index in [0.29, 0.717) is 6.04 Å². The van der Waals surface area contributed by atoms with Crippen LogP contribution >= 0.6 is 0 Å². The molecule has 1 saturated carbocycles. The Kier molecular flexibility index (Phi) is 1.29. The first-order valence-corrected chi connectivity index (χ1v) is 3.98. The molecular weight excluding hydrogens is 110 g/mol. The Hall–Kier alpha value is -0.330. The maximum absolute atomic E-state index is 4.47. The van der Waals surface area contributed by atoms with Crippen molar-refractivity contribution in [3.05, 3.63) is 0 Å². The zero-order chi connectivity index (χ0) is 6.10. The molecule has 0 spiro atoms. The van der Waals surface area contributed by atoms with Gasteiger partial charge in [0, 0.05) is 12.3 Å². The highest BCUT2D eigenvalue weighted by Crippen LogP contribution is 2.27. The lowest BCUT2D eigenvalue weighted by Crippen LogP contribution is -2.10. The summed E-state index contributed by atoms with van der Waals surface area (Å²) >= 11 is 0. The first-order valence-electron chi connectivity index (χ1n) is 3.98. The van der Waals surface area contributed by atoms with Crippen molar-refractivity contribution in [3.63, 3.8) is 0 Å². The van der Waals surface area contributed by atoms with Crippen LogP contribution < -0.4 is 0 Å². The normalized spacial score (nSPS) is 40.9. The van der Waals surface area contributed by atoms with Crippen LogP contribution in [-0.2, 0) is 0 Å². The molecular formula is C8H13N. The second kappa shape index (κ2) is 2.13. The molecule has 0 aromatic rings. The fourth-order valence-electron chi connectivity index (χ4n) is 1.85. The van der Waals surface area contributed by atoms with Crippen molar-refractivity contribution in [2.75, 3.05) is 0 Å². The van der Waals surface area contributed by atoms with E-state index in [1.165, 1.54) is 32.1 Å². The lowest BCUT2D eigenvalue weighted by Gasteiger charge is -2.14. The molecule has 0 N–H and O–H groups in total. The van der Waals surface area contributed by atoms with Gasteiger partial charge in [-0.15, -0.1) is 0 Å². The van der Waals surface area contributed by atoms with Gasteiger partial charge < -0.3 is 0 Å². The molecule has 2 atom stereocenters. The van der Waals surface area contributed by atoms with Crippen LogP contribution in [0, 0.1) is 5.92 Å². The van der Waals surface area contributed by atoms with E-state index in [2.05, 4.69) is 11.2 Å². The second-order valence-corrected chi connectivity index (χ2v) is 3.22. The minimum Gasteiger partial charge on any atom is -0.294 e. The van der Waals surface area contributed by atoms with Crippen molar-refractivity contribution in [2.24, 2.45) is 10.9 Å². The lowest BCUT2D eigenvalue weighted by molar-refractivity contribution is 0.543. The van der Waals surface area contributed by atoms with Gasteiger partial charge in [0.1, 0.15) is 0 Å². The predicted octanol–water partition coefficient (Wildman–Crippen LogP) is 2.02. The maximum atomic E-state index is 4.47. The number of aliphatic imine (C=N–C) groups is 1. The summed E-state index contributed by atoms with van der Waals surface area (Å²) < 4.78 is 0. The number of hydrogen-bond donors (Lipinski definition) is 0. The van der Waals surface area contributed by atoms with Crippen LogP contribution in [-0.4, -0.2) is 12.3 Å². The molecule has 0 radical (unpaired) electrons. The van der Waals surface area contributed by atoms with Crippen LogP contribution in [0.1, 0.15) is 32.1 Å². The average Bonchev–Trinajstić information content (AvgIpc) is 2.21. The highest BCUT2D eigenvalue weighted by atomic mass is 14.8. The SMILES string of the molecule is C1=NC2CCCC1CC2. The van der Waals surface area contributed by atoms with Crippen molar-refractivity contribution >= 4 is 6.21 Å². The predicted molar refractivity (Wildman–Crippen MR) is 38.9 cm³/mol. The summed E-state index contributed by atoms with van der Waals surface area (Å²) in [6.45, 7) is 0. The molecule has 9 heavy (non-hydrogen) atoms. The Balaban J connectivity index is 2.15. The van der Waals surface area contributed by atoms with Crippen molar-refractivity contribution < 1.29 is 0 Å². The molecule has 2 unspecified atom stereocenters. The molecule has 0 amide bonds. The topological polar surface area (TPSA) is 12.4 Å². The molecule has 1 aliphatic carbocycles. The highest BCUT2D eigenvalue weighted by Gasteiger charge is 2.20. The van der Waals surface area contributed by atoms with Crippen LogP contribution in [0.4, 0.5) is 0 Å². The van der Waals surface area contributed by atoms with Gasteiger partial charge in [-0.25, -0.2) is 0 Å². The van der Waals surface area contributed by atoms with Gasteiger partial charge >= 0.3 is 0 Å². The Morgan fingerprint density at radius 2 is 2.11 bits per heavy atom. The monoisotopic (exact) mass is 123 g/mol. The third kappa shape index (κ3) is 1.00. The molecule has 1 fully saturated rings. The Labute approximate surface area is 56.2 Å². The van der Waals surface area contributed by atoms with Gasteiger partial charge in [0.05, 0.1) is 0 Å². The first kappa shape index (κ1) is 5.45. The van der Waals surface area contributed by atoms with Gasteiger partial charge in [0.15, 0.2) is 0 Å². The summed E-state index contributed by atoms with van der Waals surface area (Å²) in [5, 5.41) is 0. The van der Waals surface area contributed by atoms with Gasteiger partial charge in [-0.05, 0) is 31.6 Å². The third-order valence-electron chi connectivity index (χ3n) is 2.49. The molecule has 2 heterocycles. The number of hydrogen-bond acceptors (Lipinski definition) is 1. The Morgan fingerprint density at radius 3 is 2.89 bits per heavy atom. The zero-order valence-electron chi connectivity index (χ0n) is 5.71. The van der Waals surface area contributed by atoms with E-state index in [1.807, 2.05) is 0 Å². The van der Waals surface area contributed by atoms with Gasteiger partial charge in [0.25, 0.3) is 0 Å². The first-order chi connectivity index (χ1) is 4.45. The molecule has 2 bridgehead atoms. The van der Waals surface area contributed by atoms with E-state index in [4.69, 9.17) is 0 Å². The fraction of sp³-hybridized carbons (Fsp3) is 0.875. The molecule has 50 valence electrons.